The van der Waals surface area contributed by atoms with Crippen LogP contribution in [0.25, 0.3) is 0 Å². The third kappa shape index (κ3) is 9.23. The molecule has 1 saturated carbocycles. The van der Waals surface area contributed by atoms with E-state index in [1.54, 1.807) is 0 Å². The van der Waals surface area contributed by atoms with E-state index in [1.165, 1.54) is 0 Å². The van der Waals surface area contributed by atoms with Crippen molar-refractivity contribution in [3.63, 3.8) is 0 Å². The van der Waals surface area contributed by atoms with Gasteiger partial charge in [0.15, 0.2) is 17.9 Å². The van der Waals surface area contributed by atoms with Gasteiger partial charge in [-0.15, -0.1) is 0 Å². The third-order valence-corrected chi connectivity index (χ3v) is 8.01. The van der Waals surface area contributed by atoms with Crippen molar-refractivity contribution in [3.05, 3.63) is 42.0 Å². The molecule has 1 aromatic rings. The molecule has 0 amide bonds. The lowest BCUT2D eigenvalue weighted by molar-refractivity contribution is -0.183. The van der Waals surface area contributed by atoms with Crippen molar-refractivity contribution in [2.24, 2.45) is 17.8 Å². The minimum Gasteiger partial charge on any atom is -0.487 e. The zero-order valence-electron chi connectivity index (χ0n) is 23.6. The summed E-state index contributed by atoms with van der Waals surface area (Å²) in [6.45, 7) is 4.92. The maximum absolute atomic E-state index is 14.1. The van der Waals surface area contributed by atoms with E-state index in [1.807, 2.05) is 26.0 Å². The Morgan fingerprint density at radius 2 is 2.02 bits per heavy atom. The van der Waals surface area contributed by atoms with E-state index in [-0.39, 0.29) is 42.4 Å². The van der Waals surface area contributed by atoms with Crippen LogP contribution in [-0.2, 0) is 23.7 Å². The lowest BCUT2D eigenvalue weighted by atomic mass is 9.86. The molecule has 2 saturated heterocycles. The van der Waals surface area contributed by atoms with Crippen LogP contribution in [0.5, 0.6) is 5.75 Å². The summed E-state index contributed by atoms with van der Waals surface area (Å²) in [7, 11) is 0. The molecule has 1 aliphatic carbocycles. The van der Waals surface area contributed by atoms with Crippen molar-refractivity contribution >= 4 is 5.97 Å². The van der Waals surface area contributed by atoms with Gasteiger partial charge in [-0.3, -0.25) is 4.79 Å². The van der Waals surface area contributed by atoms with Crippen LogP contribution >= 0.6 is 0 Å². The highest BCUT2D eigenvalue weighted by molar-refractivity contribution is 5.69. The van der Waals surface area contributed by atoms with Crippen molar-refractivity contribution in [1.82, 2.24) is 0 Å². The Morgan fingerprint density at radius 1 is 1.18 bits per heavy atom. The quantitative estimate of drug-likeness (QED) is 0.256. The molecule has 0 bridgehead atoms. The van der Waals surface area contributed by atoms with E-state index in [0.717, 1.165) is 63.1 Å². The largest absolute Gasteiger partial charge is 0.487 e. The lowest BCUT2D eigenvalue weighted by Crippen LogP contribution is -2.31. The van der Waals surface area contributed by atoms with Crippen LogP contribution in [0.2, 0.25) is 0 Å². The maximum atomic E-state index is 14.1. The zero-order valence-corrected chi connectivity index (χ0v) is 23.6. The van der Waals surface area contributed by atoms with E-state index in [2.05, 4.69) is 0 Å². The number of benzene rings is 1. The summed E-state index contributed by atoms with van der Waals surface area (Å²) in [4.78, 5) is 11.9. The summed E-state index contributed by atoms with van der Waals surface area (Å²) in [6.07, 6.45) is 9.45. The smallest absolute Gasteiger partial charge is 0.306 e. The minimum absolute atomic E-state index is 0.0224. The van der Waals surface area contributed by atoms with Gasteiger partial charge in [-0.1, -0.05) is 12.2 Å². The van der Waals surface area contributed by atoms with E-state index in [4.69, 9.17) is 23.7 Å². The molecule has 3 fully saturated rings. The molecule has 3 aliphatic rings. The van der Waals surface area contributed by atoms with E-state index >= 15 is 0 Å². The zero-order chi connectivity index (χ0) is 28.5. The minimum atomic E-state index is -0.644. The van der Waals surface area contributed by atoms with Gasteiger partial charge in [0.25, 0.3) is 0 Å². The molecular weight excluding hydrogens is 522 g/mol. The Hall–Kier alpha value is -2.07. The summed E-state index contributed by atoms with van der Waals surface area (Å²) in [5.41, 5.74) is 0. The molecule has 1 aromatic carbocycles. The van der Waals surface area contributed by atoms with Crippen molar-refractivity contribution in [1.29, 1.82) is 0 Å². The van der Waals surface area contributed by atoms with Gasteiger partial charge in [0.05, 0.1) is 18.3 Å². The van der Waals surface area contributed by atoms with Crippen LogP contribution in [0.1, 0.15) is 71.6 Å². The third-order valence-electron chi connectivity index (χ3n) is 8.01. The molecule has 4 rings (SSSR count). The Bertz CT molecular complexity index is 965. The van der Waals surface area contributed by atoms with Crippen LogP contribution in [0, 0.1) is 29.4 Å². The molecular formula is C31H44F2O7. The maximum Gasteiger partial charge on any atom is 0.306 e. The van der Waals surface area contributed by atoms with Crippen LogP contribution in [-0.4, -0.2) is 61.6 Å². The molecule has 40 heavy (non-hydrogen) atoms. The van der Waals surface area contributed by atoms with Gasteiger partial charge >= 0.3 is 5.97 Å². The van der Waals surface area contributed by atoms with Gasteiger partial charge < -0.3 is 28.8 Å². The number of fused-ring (bicyclic) bond motifs is 1. The number of aliphatic hydroxyl groups is 1. The summed E-state index contributed by atoms with van der Waals surface area (Å²) in [6, 6.07) is 3.10. The number of esters is 1. The number of aliphatic hydroxyl groups excluding tert-OH is 1. The SMILES string of the molecule is CC(C)OC(=O)CCC[C@H]1CC[C@@H]2[C@@H](C=C[C@H](COc3cc(F)ccc3F)OC3CCCCO3)[C@H](O)C[C@@H]2OC1. The first kappa shape index (κ1) is 30.9. The van der Waals surface area contributed by atoms with E-state index in [0.29, 0.717) is 32.0 Å². The van der Waals surface area contributed by atoms with Crippen molar-refractivity contribution in [3.8, 4) is 5.75 Å². The fourth-order valence-electron chi connectivity index (χ4n) is 5.97. The summed E-state index contributed by atoms with van der Waals surface area (Å²) in [5.74, 6) is -1.14. The monoisotopic (exact) mass is 566 g/mol. The Labute approximate surface area is 236 Å². The van der Waals surface area contributed by atoms with Gasteiger partial charge in [0.1, 0.15) is 18.5 Å². The molecule has 1 unspecified atom stereocenters. The highest BCUT2D eigenvalue weighted by atomic mass is 19.1. The molecule has 224 valence electrons. The first-order chi connectivity index (χ1) is 19.3. The number of rotatable bonds is 12. The molecule has 0 radical (unpaired) electrons. The highest BCUT2D eigenvalue weighted by Crippen LogP contribution is 2.42. The average Bonchev–Trinajstić information content (AvgIpc) is 3.08. The summed E-state index contributed by atoms with van der Waals surface area (Å²) in [5, 5.41) is 10.9. The van der Waals surface area contributed by atoms with Crippen LogP contribution in [0.3, 0.4) is 0 Å². The number of hydrogen-bond donors (Lipinski definition) is 1. The fourth-order valence-corrected chi connectivity index (χ4v) is 5.97. The molecule has 2 heterocycles. The van der Waals surface area contributed by atoms with Gasteiger partial charge in [0.2, 0.25) is 0 Å². The Balaban J connectivity index is 1.35. The van der Waals surface area contributed by atoms with Gasteiger partial charge in [-0.05, 0) is 82.8 Å². The van der Waals surface area contributed by atoms with Crippen LogP contribution in [0.15, 0.2) is 30.4 Å². The number of halogens is 2. The Kier molecular flexibility index (Phi) is 11.8. The molecule has 2 aliphatic heterocycles. The number of carbonyl (C=O) groups excluding carboxylic acids is 1. The molecule has 7 nitrogen and oxygen atoms in total. The lowest BCUT2D eigenvalue weighted by Gasteiger charge is -2.27. The van der Waals surface area contributed by atoms with Gasteiger partial charge in [0, 0.05) is 38.0 Å². The second-order valence-corrected chi connectivity index (χ2v) is 11.5. The average molecular weight is 567 g/mol. The highest BCUT2D eigenvalue weighted by Gasteiger charge is 2.43. The number of ether oxygens (including phenoxy) is 5. The summed E-state index contributed by atoms with van der Waals surface area (Å²) < 4.78 is 56.7. The predicted molar refractivity (Wildman–Crippen MR) is 145 cm³/mol. The topological polar surface area (TPSA) is 83.5 Å². The van der Waals surface area contributed by atoms with Crippen LogP contribution < -0.4 is 4.74 Å². The number of hydrogen-bond acceptors (Lipinski definition) is 7. The van der Waals surface area contributed by atoms with Crippen molar-refractivity contribution in [2.45, 2.75) is 102 Å². The fraction of sp³-hybridized carbons (Fsp3) is 0.710. The van der Waals surface area contributed by atoms with Crippen LogP contribution in [0.4, 0.5) is 8.78 Å². The first-order valence-electron chi connectivity index (χ1n) is 14.8. The Morgan fingerprint density at radius 3 is 2.80 bits per heavy atom. The molecule has 0 spiro atoms. The van der Waals surface area contributed by atoms with Crippen molar-refractivity contribution in [2.75, 3.05) is 19.8 Å². The van der Waals surface area contributed by atoms with Gasteiger partial charge in [-0.25, -0.2) is 8.78 Å². The summed E-state index contributed by atoms with van der Waals surface area (Å²) >= 11 is 0. The van der Waals surface area contributed by atoms with Gasteiger partial charge in [-0.2, -0.15) is 0 Å². The first-order valence-corrected chi connectivity index (χ1v) is 14.8. The standard InChI is InChI=1S/C31H44F2O7/c1-20(2)39-30(35)7-5-6-21-9-12-25-24(27(34)17-28(25)37-18-21)13-11-23(40-31-8-3-4-15-36-31)19-38-29-16-22(32)10-14-26(29)33/h10-11,13-14,16,20-21,23-25,27-28,31,34H,3-9,12,15,17-19H2,1-2H3/t21-,23+,24+,25+,27+,28-,31?/m0/s1. The molecule has 9 heteroatoms. The van der Waals surface area contributed by atoms with Crippen molar-refractivity contribution < 1.29 is 42.4 Å². The second-order valence-electron chi connectivity index (χ2n) is 11.5. The normalized spacial score (nSPS) is 29.8. The molecule has 7 atom stereocenters. The second kappa shape index (κ2) is 15.2. The van der Waals surface area contributed by atoms with E-state index < -0.39 is 30.1 Å². The predicted octanol–water partition coefficient (Wildman–Crippen LogP) is 5.73. The number of carbonyl (C=O) groups is 1. The van der Waals surface area contributed by atoms with E-state index in [9.17, 15) is 18.7 Å². The molecule has 0 aromatic heterocycles. The molecule has 1 N–H and O–H groups in total.